The molecular formula is C23H15FN4O6S. The Labute approximate surface area is 197 Å². The second-order valence-corrected chi connectivity index (χ2v) is 8.97. The molecule has 1 fully saturated rings. The van der Waals surface area contributed by atoms with Crippen LogP contribution in [0, 0.1) is 5.82 Å². The summed E-state index contributed by atoms with van der Waals surface area (Å²) in [6.45, 7) is 0. The molecule has 0 unspecified atom stereocenters. The molecule has 35 heavy (non-hydrogen) atoms. The first kappa shape index (κ1) is 22.1. The maximum absolute atomic E-state index is 13.5. The molecule has 2 N–H and O–H groups in total. The van der Waals surface area contributed by atoms with Crippen molar-refractivity contribution < 1.29 is 31.2 Å². The van der Waals surface area contributed by atoms with Crippen LogP contribution in [0.1, 0.15) is 5.76 Å². The molecule has 10 nitrogen and oxygen atoms in total. The van der Waals surface area contributed by atoms with Gasteiger partial charge in [-0.3, -0.25) is 15.0 Å². The number of sulfonamides is 1. The molecule has 1 aliphatic heterocycles. The SMILES string of the molecule is O=C1NN(c2cccc(F)c2)C(=O)/C1=C\c1ccc(-c2ccc(S(=O)(=O)Nc3ncco3)cc2)o1. The van der Waals surface area contributed by atoms with Gasteiger partial charge in [-0.05, 0) is 60.7 Å². The molecule has 12 heteroatoms. The van der Waals surface area contributed by atoms with E-state index in [1.807, 2.05) is 0 Å². The molecule has 5 rings (SSSR count). The average molecular weight is 494 g/mol. The molecule has 2 aromatic heterocycles. The molecule has 1 saturated heterocycles. The lowest BCUT2D eigenvalue weighted by atomic mass is 10.2. The number of hydrazine groups is 1. The van der Waals surface area contributed by atoms with E-state index in [9.17, 15) is 22.4 Å². The summed E-state index contributed by atoms with van der Waals surface area (Å²) in [6, 6.07) is 14.1. The Kier molecular flexibility index (Phi) is 5.41. The van der Waals surface area contributed by atoms with Gasteiger partial charge >= 0.3 is 6.01 Å². The number of halogens is 1. The Morgan fingerprint density at radius 2 is 1.86 bits per heavy atom. The normalized spacial score (nSPS) is 15.0. The number of rotatable bonds is 6. The number of furan rings is 1. The Bertz CT molecular complexity index is 1560. The standard InChI is InChI=1S/C23H15FN4O6S/c24-15-2-1-3-16(12-15)28-22(30)19(21(29)26-28)13-17-6-9-20(34-17)14-4-7-18(8-5-14)35(31,32)27-23-25-10-11-33-23/h1-13H,(H,25,27)(H,26,29)/b19-13-. The zero-order valence-corrected chi connectivity index (χ0v) is 18.5. The van der Waals surface area contributed by atoms with Gasteiger partial charge in [-0.2, -0.15) is 0 Å². The number of carbonyl (C=O) groups excluding carboxylic acids is 2. The van der Waals surface area contributed by atoms with Gasteiger partial charge in [0.25, 0.3) is 21.8 Å². The highest BCUT2D eigenvalue weighted by molar-refractivity contribution is 7.92. The number of anilines is 2. The van der Waals surface area contributed by atoms with Crippen LogP contribution in [0.2, 0.25) is 0 Å². The third-order valence-electron chi connectivity index (χ3n) is 4.97. The minimum absolute atomic E-state index is 0.0148. The number of hydrogen-bond donors (Lipinski definition) is 2. The number of nitrogens with zero attached hydrogens (tertiary/aromatic N) is 2. The molecule has 1 aliphatic rings. The highest BCUT2D eigenvalue weighted by Crippen LogP contribution is 2.27. The molecule has 2 aromatic carbocycles. The summed E-state index contributed by atoms with van der Waals surface area (Å²) in [7, 11) is -3.89. The predicted octanol–water partition coefficient (Wildman–Crippen LogP) is 3.34. The van der Waals surface area contributed by atoms with Crippen molar-refractivity contribution in [2.45, 2.75) is 4.90 Å². The molecule has 0 spiro atoms. The zero-order valence-electron chi connectivity index (χ0n) is 17.6. The maximum Gasteiger partial charge on any atom is 0.308 e. The topological polar surface area (TPSA) is 135 Å². The summed E-state index contributed by atoms with van der Waals surface area (Å²) in [5.41, 5.74) is 2.94. The Morgan fingerprint density at radius 3 is 2.57 bits per heavy atom. The van der Waals surface area contributed by atoms with Gasteiger partial charge < -0.3 is 8.83 Å². The fraction of sp³-hybridized carbons (Fsp3) is 0. The molecule has 0 atom stereocenters. The second-order valence-electron chi connectivity index (χ2n) is 7.29. The summed E-state index contributed by atoms with van der Waals surface area (Å²) in [5.74, 6) is -1.27. The fourth-order valence-corrected chi connectivity index (χ4v) is 4.27. The van der Waals surface area contributed by atoms with Crippen LogP contribution in [0.3, 0.4) is 0 Å². The molecule has 0 radical (unpaired) electrons. The van der Waals surface area contributed by atoms with E-state index < -0.39 is 27.7 Å². The van der Waals surface area contributed by atoms with Crippen LogP contribution < -0.4 is 15.2 Å². The van der Waals surface area contributed by atoms with Crippen LogP contribution in [0.25, 0.3) is 17.4 Å². The summed E-state index contributed by atoms with van der Waals surface area (Å²) >= 11 is 0. The lowest BCUT2D eigenvalue weighted by Crippen LogP contribution is -2.35. The Hall–Kier alpha value is -4.71. The first-order valence-corrected chi connectivity index (χ1v) is 11.5. The van der Waals surface area contributed by atoms with Crippen molar-refractivity contribution in [2.24, 2.45) is 0 Å². The minimum atomic E-state index is -3.89. The van der Waals surface area contributed by atoms with Gasteiger partial charge in [0.1, 0.15) is 29.2 Å². The van der Waals surface area contributed by atoms with Crippen LogP contribution in [-0.4, -0.2) is 25.2 Å². The minimum Gasteiger partial charge on any atom is -0.457 e. The third kappa shape index (κ3) is 4.42. The van der Waals surface area contributed by atoms with Crippen LogP contribution in [0.5, 0.6) is 0 Å². The third-order valence-corrected chi connectivity index (χ3v) is 6.31. The molecule has 0 saturated carbocycles. The maximum atomic E-state index is 13.5. The van der Waals surface area contributed by atoms with Crippen molar-refractivity contribution in [3.05, 3.63) is 90.3 Å². The number of benzene rings is 2. The molecule has 0 aliphatic carbocycles. The summed E-state index contributed by atoms with van der Waals surface area (Å²) in [4.78, 5) is 28.7. The van der Waals surface area contributed by atoms with Crippen molar-refractivity contribution in [3.63, 3.8) is 0 Å². The first-order chi connectivity index (χ1) is 16.8. The van der Waals surface area contributed by atoms with Crippen molar-refractivity contribution in [1.29, 1.82) is 0 Å². The van der Waals surface area contributed by atoms with E-state index in [2.05, 4.69) is 15.1 Å². The van der Waals surface area contributed by atoms with Gasteiger partial charge in [0.2, 0.25) is 0 Å². The Morgan fingerprint density at radius 1 is 1.06 bits per heavy atom. The average Bonchev–Trinajstić information content (AvgIpc) is 3.57. The number of nitrogens with one attached hydrogen (secondary N) is 2. The van der Waals surface area contributed by atoms with E-state index in [0.29, 0.717) is 11.3 Å². The van der Waals surface area contributed by atoms with Crippen molar-refractivity contribution in [1.82, 2.24) is 10.4 Å². The van der Waals surface area contributed by atoms with Gasteiger partial charge in [-0.15, -0.1) is 0 Å². The van der Waals surface area contributed by atoms with Gasteiger partial charge in [0, 0.05) is 5.56 Å². The Balaban J connectivity index is 1.34. The smallest absolute Gasteiger partial charge is 0.308 e. The van der Waals surface area contributed by atoms with E-state index in [1.165, 1.54) is 48.9 Å². The van der Waals surface area contributed by atoms with E-state index in [-0.39, 0.29) is 27.9 Å². The molecule has 3 heterocycles. The lowest BCUT2D eigenvalue weighted by molar-refractivity contribution is -0.117. The summed E-state index contributed by atoms with van der Waals surface area (Å²) < 4.78 is 51.2. The highest BCUT2D eigenvalue weighted by Gasteiger charge is 2.35. The van der Waals surface area contributed by atoms with Crippen LogP contribution in [-0.2, 0) is 19.6 Å². The largest absolute Gasteiger partial charge is 0.457 e. The molecule has 176 valence electrons. The monoisotopic (exact) mass is 494 g/mol. The number of carbonyl (C=O) groups is 2. The van der Waals surface area contributed by atoms with Crippen LogP contribution in [0.4, 0.5) is 16.1 Å². The molecule has 0 bridgehead atoms. The number of amides is 2. The van der Waals surface area contributed by atoms with Crippen LogP contribution >= 0.6 is 0 Å². The van der Waals surface area contributed by atoms with Crippen molar-refractivity contribution in [3.8, 4) is 11.3 Å². The summed E-state index contributed by atoms with van der Waals surface area (Å²) in [6.07, 6.45) is 3.83. The highest BCUT2D eigenvalue weighted by atomic mass is 32.2. The molecule has 2 amide bonds. The molecule has 4 aromatic rings. The zero-order chi connectivity index (χ0) is 24.6. The van der Waals surface area contributed by atoms with Crippen molar-refractivity contribution >= 4 is 39.6 Å². The van der Waals surface area contributed by atoms with E-state index in [4.69, 9.17) is 8.83 Å². The first-order valence-electron chi connectivity index (χ1n) is 10.1. The quantitative estimate of drug-likeness (QED) is 0.310. The number of hydrogen-bond acceptors (Lipinski definition) is 7. The number of oxazole rings is 1. The van der Waals surface area contributed by atoms with Gasteiger partial charge in [-0.1, -0.05) is 6.07 Å². The summed E-state index contributed by atoms with van der Waals surface area (Å²) in [5, 5.41) is 0.951. The van der Waals surface area contributed by atoms with Crippen molar-refractivity contribution in [2.75, 3.05) is 9.73 Å². The van der Waals surface area contributed by atoms with E-state index >= 15 is 0 Å². The van der Waals surface area contributed by atoms with Gasteiger partial charge in [-0.25, -0.2) is 27.5 Å². The number of aromatic nitrogens is 1. The van der Waals surface area contributed by atoms with E-state index in [0.717, 1.165) is 11.1 Å². The van der Waals surface area contributed by atoms with E-state index in [1.54, 1.807) is 24.3 Å². The van der Waals surface area contributed by atoms with Gasteiger partial charge in [0.15, 0.2) is 0 Å². The van der Waals surface area contributed by atoms with Crippen LogP contribution in [0.15, 0.2) is 92.4 Å². The van der Waals surface area contributed by atoms with Gasteiger partial charge in [0.05, 0.1) is 16.8 Å². The lowest BCUT2D eigenvalue weighted by Gasteiger charge is -2.14. The second kappa shape index (κ2) is 8.57. The molecular weight excluding hydrogens is 479 g/mol. The predicted molar refractivity (Wildman–Crippen MR) is 121 cm³/mol. The fourth-order valence-electron chi connectivity index (χ4n) is 3.33.